The molecular formula is C19H20N4O4S2. The SMILES string of the molecule is CCNS(=O)(=O)c1ccc(C)c(C(=O)Nc2nc3ccc(NC(C)=O)cc3s2)c1. The first-order valence-corrected chi connectivity index (χ1v) is 11.1. The first-order chi connectivity index (χ1) is 13.7. The molecule has 2 aromatic carbocycles. The first-order valence-electron chi connectivity index (χ1n) is 8.79. The minimum atomic E-state index is -3.67. The van der Waals surface area contributed by atoms with Gasteiger partial charge in [-0.3, -0.25) is 14.9 Å². The zero-order chi connectivity index (χ0) is 21.2. The summed E-state index contributed by atoms with van der Waals surface area (Å²) in [5.74, 6) is -0.623. The number of aromatic nitrogens is 1. The molecule has 29 heavy (non-hydrogen) atoms. The van der Waals surface area contributed by atoms with E-state index in [0.29, 0.717) is 21.9 Å². The van der Waals surface area contributed by atoms with Gasteiger partial charge in [0.2, 0.25) is 15.9 Å². The Balaban J connectivity index is 1.87. The number of carbonyl (C=O) groups is 2. The summed E-state index contributed by atoms with van der Waals surface area (Å²) in [5, 5.41) is 5.80. The van der Waals surface area contributed by atoms with Crippen molar-refractivity contribution in [2.45, 2.75) is 25.7 Å². The minimum Gasteiger partial charge on any atom is -0.326 e. The summed E-state index contributed by atoms with van der Waals surface area (Å²) in [4.78, 5) is 28.3. The van der Waals surface area contributed by atoms with Crippen LogP contribution in [0.3, 0.4) is 0 Å². The maximum absolute atomic E-state index is 12.7. The Morgan fingerprint density at radius 3 is 2.55 bits per heavy atom. The number of hydrogen-bond donors (Lipinski definition) is 3. The third-order valence-electron chi connectivity index (χ3n) is 4.03. The van der Waals surface area contributed by atoms with Gasteiger partial charge in [0.05, 0.1) is 15.1 Å². The normalized spacial score (nSPS) is 11.4. The van der Waals surface area contributed by atoms with E-state index in [9.17, 15) is 18.0 Å². The molecule has 0 aliphatic heterocycles. The van der Waals surface area contributed by atoms with E-state index in [1.807, 2.05) is 0 Å². The predicted octanol–water partition coefficient (Wildman–Crippen LogP) is 3.11. The number of amides is 2. The van der Waals surface area contributed by atoms with Crippen molar-refractivity contribution in [1.29, 1.82) is 0 Å². The molecule has 1 heterocycles. The van der Waals surface area contributed by atoms with Crippen molar-refractivity contribution in [3.05, 3.63) is 47.5 Å². The maximum atomic E-state index is 12.7. The molecule has 10 heteroatoms. The summed E-state index contributed by atoms with van der Waals surface area (Å²) < 4.78 is 27.6. The molecule has 3 aromatic rings. The van der Waals surface area contributed by atoms with Crippen LogP contribution in [0.4, 0.5) is 10.8 Å². The van der Waals surface area contributed by atoms with Crippen LogP contribution in [0.2, 0.25) is 0 Å². The van der Waals surface area contributed by atoms with E-state index in [1.54, 1.807) is 38.1 Å². The van der Waals surface area contributed by atoms with Crippen molar-refractivity contribution >= 4 is 54.2 Å². The van der Waals surface area contributed by atoms with Gasteiger partial charge in [0.1, 0.15) is 0 Å². The third kappa shape index (κ3) is 4.78. The highest BCUT2D eigenvalue weighted by Gasteiger charge is 2.18. The van der Waals surface area contributed by atoms with E-state index in [0.717, 1.165) is 4.70 Å². The molecule has 0 bridgehead atoms. The summed E-state index contributed by atoms with van der Waals surface area (Å²) in [6.07, 6.45) is 0. The molecule has 0 aliphatic rings. The smallest absolute Gasteiger partial charge is 0.257 e. The first kappa shape index (κ1) is 20.9. The topological polar surface area (TPSA) is 117 Å². The third-order valence-corrected chi connectivity index (χ3v) is 6.50. The number of rotatable bonds is 6. The molecule has 3 rings (SSSR count). The number of carbonyl (C=O) groups excluding carboxylic acids is 2. The minimum absolute atomic E-state index is 0.0272. The van der Waals surface area contributed by atoms with Crippen molar-refractivity contribution < 1.29 is 18.0 Å². The van der Waals surface area contributed by atoms with Crippen molar-refractivity contribution in [2.24, 2.45) is 0 Å². The van der Waals surface area contributed by atoms with Crippen LogP contribution in [0.15, 0.2) is 41.3 Å². The summed E-state index contributed by atoms with van der Waals surface area (Å²) in [6, 6.07) is 9.67. The molecule has 0 atom stereocenters. The van der Waals surface area contributed by atoms with Crippen LogP contribution in [0.25, 0.3) is 10.2 Å². The number of anilines is 2. The highest BCUT2D eigenvalue weighted by Crippen LogP contribution is 2.29. The zero-order valence-electron chi connectivity index (χ0n) is 16.1. The predicted molar refractivity (Wildman–Crippen MR) is 114 cm³/mol. The standard InChI is InChI=1S/C19H20N4O4S2/c1-4-20-29(26,27)14-7-5-11(2)15(10-14)18(25)23-19-22-16-8-6-13(21-12(3)24)9-17(16)28-19/h5-10,20H,4H2,1-3H3,(H,21,24)(H,22,23,25). The second-order valence-corrected chi connectivity index (χ2v) is 9.11. The van der Waals surface area contributed by atoms with Crippen molar-refractivity contribution in [1.82, 2.24) is 9.71 Å². The second-order valence-electron chi connectivity index (χ2n) is 6.31. The van der Waals surface area contributed by atoms with Gasteiger partial charge in [0.15, 0.2) is 5.13 Å². The molecule has 0 fully saturated rings. The van der Waals surface area contributed by atoms with Crippen LogP contribution in [0.1, 0.15) is 29.8 Å². The molecule has 0 saturated carbocycles. The van der Waals surface area contributed by atoms with Crippen LogP contribution in [0.5, 0.6) is 0 Å². The van der Waals surface area contributed by atoms with Gasteiger partial charge in [-0.05, 0) is 42.8 Å². The van der Waals surface area contributed by atoms with Gasteiger partial charge in [-0.1, -0.05) is 24.3 Å². The highest BCUT2D eigenvalue weighted by atomic mass is 32.2. The molecule has 0 spiro atoms. The van der Waals surface area contributed by atoms with E-state index in [2.05, 4.69) is 20.3 Å². The molecule has 0 aliphatic carbocycles. The summed E-state index contributed by atoms with van der Waals surface area (Å²) in [6.45, 7) is 5.10. The Labute approximate surface area is 172 Å². The lowest BCUT2D eigenvalue weighted by molar-refractivity contribution is -0.114. The molecule has 1 aromatic heterocycles. The number of nitrogens with zero attached hydrogens (tertiary/aromatic N) is 1. The van der Waals surface area contributed by atoms with Crippen molar-refractivity contribution in [3.63, 3.8) is 0 Å². The Morgan fingerprint density at radius 2 is 1.86 bits per heavy atom. The maximum Gasteiger partial charge on any atom is 0.257 e. The Morgan fingerprint density at radius 1 is 1.10 bits per heavy atom. The second kappa shape index (κ2) is 8.27. The number of thiazole rings is 1. The van der Waals surface area contributed by atoms with E-state index >= 15 is 0 Å². The molecule has 0 saturated heterocycles. The van der Waals surface area contributed by atoms with Crippen LogP contribution in [-0.2, 0) is 14.8 Å². The van der Waals surface area contributed by atoms with Crippen LogP contribution in [0, 0.1) is 6.92 Å². The monoisotopic (exact) mass is 432 g/mol. The van der Waals surface area contributed by atoms with E-state index in [1.165, 1.54) is 30.4 Å². The zero-order valence-corrected chi connectivity index (χ0v) is 17.7. The molecule has 0 radical (unpaired) electrons. The molecule has 3 N–H and O–H groups in total. The van der Waals surface area contributed by atoms with E-state index in [4.69, 9.17) is 0 Å². The fraction of sp³-hybridized carbons (Fsp3) is 0.211. The average molecular weight is 433 g/mol. The number of aryl methyl sites for hydroxylation is 1. The Kier molecular flexibility index (Phi) is 5.96. The van der Waals surface area contributed by atoms with Crippen LogP contribution < -0.4 is 15.4 Å². The van der Waals surface area contributed by atoms with Gasteiger partial charge in [-0.15, -0.1) is 0 Å². The summed E-state index contributed by atoms with van der Waals surface area (Å²) in [5.41, 5.74) is 2.22. The van der Waals surface area contributed by atoms with Crippen molar-refractivity contribution in [3.8, 4) is 0 Å². The van der Waals surface area contributed by atoms with Crippen LogP contribution >= 0.6 is 11.3 Å². The van der Waals surface area contributed by atoms with Gasteiger partial charge < -0.3 is 5.32 Å². The summed E-state index contributed by atoms with van der Waals surface area (Å²) in [7, 11) is -3.67. The number of hydrogen-bond acceptors (Lipinski definition) is 6. The van der Waals surface area contributed by atoms with E-state index < -0.39 is 15.9 Å². The fourth-order valence-electron chi connectivity index (χ4n) is 2.71. The van der Waals surface area contributed by atoms with Gasteiger partial charge in [-0.25, -0.2) is 18.1 Å². The number of nitrogens with one attached hydrogen (secondary N) is 3. The fourth-order valence-corrected chi connectivity index (χ4v) is 4.68. The average Bonchev–Trinajstić information content (AvgIpc) is 3.02. The van der Waals surface area contributed by atoms with Gasteiger partial charge in [0.25, 0.3) is 5.91 Å². The lowest BCUT2D eigenvalue weighted by Gasteiger charge is -2.09. The number of fused-ring (bicyclic) bond motifs is 1. The molecule has 2 amide bonds. The highest BCUT2D eigenvalue weighted by molar-refractivity contribution is 7.89. The molecule has 0 unspecified atom stereocenters. The van der Waals surface area contributed by atoms with Gasteiger partial charge in [-0.2, -0.15) is 0 Å². The number of sulfonamides is 1. The largest absolute Gasteiger partial charge is 0.326 e. The lowest BCUT2D eigenvalue weighted by atomic mass is 10.1. The number of benzene rings is 2. The molecule has 8 nitrogen and oxygen atoms in total. The van der Waals surface area contributed by atoms with Crippen LogP contribution in [-0.4, -0.2) is 31.8 Å². The lowest BCUT2D eigenvalue weighted by Crippen LogP contribution is -2.24. The Bertz CT molecular complexity index is 1200. The van der Waals surface area contributed by atoms with Gasteiger partial charge in [0, 0.05) is 24.7 Å². The molecular weight excluding hydrogens is 412 g/mol. The van der Waals surface area contributed by atoms with E-state index in [-0.39, 0.29) is 22.9 Å². The quantitative estimate of drug-likeness (QED) is 0.553. The van der Waals surface area contributed by atoms with Crippen molar-refractivity contribution in [2.75, 3.05) is 17.2 Å². The molecule has 152 valence electrons. The van der Waals surface area contributed by atoms with Gasteiger partial charge >= 0.3 is 0 Å². The summed E-state index contributed by atoms with van der Waals surface area (Å²) >= 11 is 1.26. The Hall–Kier alpha value is -2.82.